The van der Waals surface area contributed by atoms with Gasteiger partial charge in [0, 0.05) is 10.0 Å². The van der Waals surface area contributed by atoms with E-state index in [1.165, 1.54) is 6.07 Å². The summed E-state index contributed by atoms with van der Waals surface area (Å²) in [5.74, 6) is -3.27. The summed E-state index contributed by atoms with van der Waals surface area (Å²) in [6, 6.07) is 3.65. The fourth-order valence-corrected chi connectivity index (χ4v) is 1.90. The van der Waals surface area contributed by atoms with Crippen LogP contribution in [0.5, 0.6) is 0 Å². The average molecular weight is 287 g/mol. The molecule has 0 bridgehead atoms. The zero-order valence-corrected chi connectivity index (χ0v) is 9.77. The molecule has 0 radical (unpaired) electrons. The van der Waals surface area contributed by atoms with Crippen molar-refractivity contribution in [1.29, 1.82) is 0 Å². The third kappa shape index (κ3) is 4.44. The van der Waals surface area contributed by atoms with Crippen molar-refractivity contribution in [2.75, 3.05) is 0 Å². The summed E-state index contributed by atoms with van der Waals surface area (Å²) >= 11 is 11.2. The van der Waals surface area contributed by atoms with Gasteiger partial charge in [0.05, 0.1) is 12.3 Å². The minimum atomic E-state index is -4.57. The number of carbonyl (C=O) groups is 1. The molecule has 0 heterocycles. The van der Waals surface area contributed by atoms with Crippen molar-refractivity contribution in [2.45, 2.75) is 18.5 Å². The van der Waals surface area contributed by atoms with E-state index in [2.05, 4.69) is 0 Å². The maximum Gasteiger partial charge on any atom is 0.390 e. The first kappa shape index (κ1) is 14.1. The standard InChI is InChI=1S/C10H7Cl2F3O2/c11-6-1-5(2-7(12)3-6)8(9(16)17)4-10(13,14)15/h1-3,8H,4H2,(H,16,17). The Morgan fingerprint density at radius 3 is 2.06 bits per heavy atom. The van der Waals surface area contributed by atoms with Gasteiger partial charge in [-0.05, 0) is 23.8 Å². The van der Waals surface area contributed by atoms with Gasteiger partial charge in [-0.1, -0.05) is 23.2 Å². The van der Waals surface area contributed by atoms with E-state index in [0.717, 1.165) is 12.1 Å². The van der Waals surface area contributed by atoms with E-state index >= 15 is 0 Å². The Morgan fingerprint density at radius 2 is 1.71 bits per heavy atom. The molecule has 1 N–H and O–H groups in total. The van der Waals surface area contributed by atoms with Crippen LogP contribution in [0.4, 0.5) is 13.2 Å². The highest BCUT2D eigenvalue weighted by atomic mass is 35.5. The molecule has 1 atom stereocenters. The van der Waals surface area contributed by atoms with Crippen molar-refractivity contribution in [3.8, 4) is 0 Å². The Bertz CT molecular complexity index is 412. The third-order valence-corrected chi connectivity index (χ3v) is 2.46. The van der Waals surface area contributed by atoms with Gasteiger partial charge in [0.1, 0.15) is 0 Å². The minimum Gasteiger partial charge on any atom is -0.481 e. The number of aliphatic carboxylic acids is 1. The number of alkyl halides is 3. The van der Waals surface area contributed by atoms with E-state index < -0.39 is 24.5 Å². The molecular weight excluding hydrogens is 280 g/mol. The number of rotatable bonds is 3. The summed E-state index contributed by atoms with van der Waals surface area (Å²) in [5.41, 5.74) is -0.0627. The molecule has 0 amide bonds. The third-order valence-electron chi connectivity index (χ3n) is 2.02. The molecule has 1 aromatic rings. The highest BCUT2D eigenvalue weighted by Gasteiger charge is 2.36. The molecule has 2 nitrogen and oxygen atoms in total. The maximum absolute atomic E-state index is 12.2. The summed E-state index contributed by atoms with van der Waals surface area (Å²) in [6.07, 6.45) is -6.03. The Balaban J connectivity index is 3.10. The van der Waals surface area contributed by atoms with Crippen LogP contribution in [0.1, 0.15) is 17.9 Å². The molecule has 1 aromatic carbocycles. The molecule has 1 unspecified atom stereocenters. The molecular formula is C10H7Cl2F3O2. The number of halogens is 5. The predicted molar refractivity (Wildman–Crippen MR) is 57.5 cm³/mol. The van der Waals surface area contributed by atoms with Crippen molar-refractivity contribution in [3.63, 3.8) is 0 Å². The monoisotopic (exact) mass is 286 g/mol. The van der Waals surface area contributed by atoms with E-state index in [1.807, 2.05) is 0 Å². The summed E-state index contributed by atoms with van der Waals surface area (Å²) in [5, 5.41) is 8.98. The fourth-order valence-electron chi connectivity index (χ4n) is 1.36. The van der Waals surface area contributed by atoms with Gasteiger partial charge in [-0.25, -0.2) is 0 Å². The first-order valence-corrected chi connectivity index (χ1v) is 5.20. The summed E-state index contributed by atoms with van der Waals surface area (Å²) in [4.78, 5) is 10.8. The summed E-state index contributed by atoms with van der Waals surface area (Å²) in [7, 11) is 0. The van der Waals surface area contributed by atoms with Crippen LogP contribution < -0.4 is 0 Å². The first-order chi connectivity index (χ1) is 7.69. The molecule has 1 rings (SSSR count). The molecule has 17 heavy (non-hydrogen) atoms. The van der Waals surface area contributed by atoms with E-state index in [-0.39, 0.29) is 15.6 Å². The normalized spacial score (nSPS) is 13.5. The lowest BCUT2D eigenvalue weighted by atomic mass is 9.96. The fraction of sp³-hybridized carbons (Fsp3) is 0.300. The molecule has 94 valence electrons. The molecule has 0 spiro atoms. The maximum atomic E-state index is 12.2. The van der Waals surface area contributed by atoms with Gasteiger partial charge >= 0.3 is 12.1 Å². The van der Waals surface area contributed by atoms with Crippen LogP contribution >= 0.6 is 23.2 Å². The molecule has 0 aromatic heterocycles. The molecule has 0 saturated carbocycles. The Labute approximate surface area is 105 Å². The van der Waals surface area contributed by atoms with Gasteiger partial charge in [-0.2, -0.15) is 13.2 Å². The lowest BCUT2D eigenvalue weighted by Gasteiger charge is -2.15. The Kier molecular flexibility index (Phi) is 4.27. The van der Waals surface area contributed by atoms with Gasteiger partial charge in [-0.15, -0.1) is 0 Å². The zero-order chi connectivity index (χ0) is 13.2. The lowest BCUT2D eigenvalue weighted by molar-refractivity contribution is -0.157. The van der Waals surface area contributed by atoms with Crippen LogP contribution in [0.2, 0.25) is 10.0 Å². The largest absolute Gasteiger partial charge is 0.481 e. The number of benzene rings is 1. The first-order valence-electron chi connectivity index (χ1n) is 4.44. The van der Waals surface area contributed by atoms with E-state index in [9.17, 15) is 18.0 Å². The number of hydrogen-bond donors (Lipinski definition) is 1. The molecule has 0 saturated heterocycles. The summed E-state index contributed by atoms with van der Waals surface area (Å²) < 4.78 is 36.7. The van der Waals surface area contributed by atoms with Crippen molar-refractivity contribution in [1.82, 2.24) is 0 Å². The van der Waals surface area contributed by atoms with E-state index in [1.54, 1.807) is 0 Å². The Morgan fingerprint density at radius 1 is 1.24 bits per heavy atom. The lowest BCUT2D eigenvalue weighted by Crippen LogP contribution is -2.20. The van der Waals surface area contributed by atoms with Gasteiger partial charge in [0.25, 0.3) is 0 Å². The predicted octanol–water partition coefficient (Wildman–Crippen LogP) is 4.11. The van der Waals surface area contributed by atoms with Crippen molar-refractivity contribution < 1.29 is 23.1 Å². The van der Waals surface area contributed by atoms with Gasteiger partial charge in [-0.3, -0.25) is 4.79 Å². The van der Waals surface area contributed by atoms with Crippen LogP contribution in [0.25, 0.3) is 0 Å². The van der Waals surface area contributed by atoms with Gasteiger partial charge in [0.2, 0.25) is 0 Å². The molecule has 0 fully saturated rings. The second kappa shape index (κ2) is 5.14. The van der Waals surface area contributed by atoms with E-state index in [0.29, 0.717) is 0 Å². The highest BCUT2D eigenvalue weighted by molar-refractivity contribution is 6.34. The van der Waals surface area contributed by atoms with Gasteiger partial charge in [0.15, 0.2) is 0 Å². The molecule has 0 aliphatic rings. The van der Waals surface area contributed by atoms with Crippen molar-refractivity contribution in [2.24, 2.45) is 0 Å². The smallest absolute Gasteiger partial charge is 0.390 e. The van der Waals surface area contributed by atoms with Crippen LogP contribution in [0, 0.1) is 0 Å². The molecule has 0 aliphatic carbocycles. The van der Waals surface area contributed by atoms with Crippen LogP contribution in [-0.2, 0) is 4.79 Å². The second-order valence-corrected chi connectivity index (χ2v) is 4.29. The topological polar surface area (TPSA) is 37.3 Å². The number of carboxylic acid groups (broad SMARTS) is 1. The number of carboxylic acids is 1. The molecule has 7 heteroatoms. The van der Waals surface area contributed by atoms with Crippen molar-refractivity contribution >= 4 is 29.2 Å². The molecule has 0 aliphatic heterocycles. The Hall–Kier alpha value is -0.940. The van der Waals surface area contributed by atoms with Gasteiger partial charge < -0.3 is 5.11 Å². The van der Waals surface area contributed by atoms with Crippen LogP contribution in [0.15, 0.2) is 18.2 Å². The average Bonchev–Trinajstić information content (AvgIpc) is 2.10. The minimum absolute atomic E-state index is 0.0627. The van der Waals surface area contributed by atoms with Crippen molar-refractivity contribution in [3.05, 3.63) is 33.8 Å². The quantitative estimate of drug-likeness (QED) is 0.908. The summed E-state index contributed by atoms with van der Waals surface area (Å²) in [6.45, 7) is 0. The zero-order valence-electron chi connectivity index (χ0n) is 8.26. The highest BCUT2D eigenvalue weighted by Crippen LogP contribution is 2.33. The SMILES string of the molecule is O=C(O)C(CC(F)(F)F)c1cc(Cl)cc(Cl)c1. The van der Waals surface area contributed by atoms with E-state index in [4.69, 9.17) is 28.3 Å². The van der Waals surface area contributed by atoms with Crippen LogP contribution in [-0.4, -0.2) is 17.3 Å². The van der Waals surface area contributed by atoms with Crippen LogP contribution in [0.3, 0.4) is 0 Å². The number of hydrogen-bond acceptors (Lipinski definition) is 1. The second-order valence-electron chi connectivity index (χ2n) is 3.41.